The van der Waals surface area contributed by atoms with E-state index >= 15 is 0 Å². The Bertz CT molecular complexity index is 1080. The first-order valence-corrected chi connectivity index (χ1v) is 11.1. The van der Waals surface area contributed by atoms with Gasteiger partial charge in [-0.25, -0.2) is 4.39 Å². The number of rotatable bonds is 10. The number of hydrogen-bond acceptors (Lipinski definition) is 4. The Kier molecular flexibility index (Phi) is 8.31. The number of benzene rings is 2. The van der Waals surface area contributed by atoms with Crippen molar-refractivity contribution in [2.75, 3.05) is 31.1 Å². The summed E-state index contributed by atoms with van der Waals surface area (Å²) in [6.45, 7) is 4.60. The predicted octanol–water partition coefficient (Wildman–Crippen LogP) is 5.64. The first-order valence-electron chi connectivity index (χ1n) is 11.1. The number of anilines is 1. The van der Waals surface area contributed by atoms with Crippen molar-refractivity contribution in [2.45, 2.75) is 32.9 Å². The lowest BCUT2D eigenvalue weighted by atomic mass is 10.1. The Hall–Kier alpha value is -3.36. The first kappa shape index (κ1) is 25.3. The highest BCUT2D eigenvalue weighted by molar-refractivity contribution is 5.81. The van der Waals surface area contributed by atoms with E-state index in [1.165, 1.54) is 18.3 Å². The zero-order valence-electron chi connectivity index (χ0n) is 19.1. The van der Waals surface area contributed by atoms with E-state index in [2.05, 4.69) is 5.16 Å². The van der Waals surface area contributed by atoms with Crippen LogP contribution in [0.1, 0.15) is 24.5 Å². The van der Waals surface area contributed by atoms with Gasteiger partial charge in [0.2, 0.25) is 0 Å². The van der Waals surface area contributed by atoms with E-state index in [4.69, 9.17) is 4.52 Å². The molecule has 3 rings (SSSR count). The molecule has 2 aromatic carbocycles. The van der Waals surface area contributed by atoms with Gasteiger partial charge in [0.1, 0.15) is 5.82 Å². The Balaban J connectivity index is 1.66. The molecule has 0 radical (unpaired) electrons. The van der Waals surface area contributed by atoms with E-state index in [0.29, 0.717) is 29.9 Å². The summed E-state index contributed by atoms with van der Waals surface area (Å²) < 4.78 is 58.2. The second-order valence-corrected chi connectivity index (χ2v) is 8.00. The summed E-state index contributed by atoms with van der Waals surface area (Å²) in [4.78, 5) is 14.9. The van der Waals surface area contributed by atoms with Gasteiger partial charge < -0.3 is 14.3 Å². The van der Waals surface area contributed by atoms with Crippen LogP contribution in [-0.4, -0.2) is 48.3 Å². The Morgan fingerprint density at radius 2 is 1.79 bits per heavy atom. The summed E-state index contributed by atoms with van der Waals surface area (Å²) in [5.74, 6) is -1.81. The van der Waals surface area contributed by atoms with Crippen LogP contribution in [0, 0.1) is 12.7 Å². The van der Waals surface area contributed by atoms with E-state index in [9.17, 15) is 22.4 Å². The zero-order valence-corrected chi connectivity index (χ0v) is 19.1. The number of aromatic nitrogens is 1. The molecule has 0 aliphatic heterocycles. The van der Waals surface area contributed by atoms with Gasteiger partial charge in [0.05, 0.1) is 6.20 Å². The second kappa shape index (κ2) is 11.2. The molecule has 0 fully saturated rings. The summed E-state index contributed by atoms with van der Waals surface area (Å²) in [5, 5.41) is 3.77. The van der Waals surface area contributed by atoms with Crippen molar-refractivity contribution in [3.8, 4) is 11.3 Å². The number of hydrogen-bond donors (Lipinski definition) is 0. The minimum atomic E-state index is -4.95. The second-order valence-electron chi connectivity index (χ2n) is 8.00. The van der Waals surface area contributed by atoms with Crippen molar-refractivity contribution in [3.63, 3.8) is 0 Å². The topological polar surface area (TPSA) is 49.6 Å². The predicted molar refractivity (Wildman–Crippen MR) is 122 cm³/mol. The maximum atomic E-state index is 13.2. The van der Waals surface area contributed by atoms with E-state index < -0.39 is 17.9 Å². The van der Waals surface area contributed by atoms with Crippen molar-refractivity contribution < 1.29 is 26.9 Å². The van der Waals surface area contributed by atoms with Crippen molar-refractivity contribution >= 4 is 11.6 Å². The first-order chi connectivity index (χ1) is 16.2. The van der Waals surface area contributed by atoms with E-state index in [0.717, 1.165) is 16.2 Å². The molecule has 1 aromatic heterocycles. The summed E-state index contributed by atoms with van der Waals surface area (Å²) in [5.41, 5.74) is 3.25. The number of likely N-dealkylation sites (N-methyl/N-ethyl adjacent to an activating group) is 1. The van der Waals surface area contributed by atoms with Gasteiger partial charge in [-0.05, 0) is 68.7 Å². The molecular formula is C25H27F4N3O2. The quantitative estimate of drug-likeness (QED) is 0.355. The average Bonchev–Trinajstić information content (AvgIpc) is 3.26. The molecule has 0 saturated carbocycles. The number of halogens is 4. The standard InChI is InChI=1S/C25H27F4N3O2/c1-3-31(22-8-4-6-18(2)16-22)14-15-32(24(33)25(27,28)29)13-5-7-20-17-30-34-23(20)19-9-11-21(26)12-10-19/h4,6,8-12,16-17H,3,5,7,13-15H2,1-2H3. The molecular weight excluding hydrogens is 450 g/mol. The SMILES string of the molecule is CCN(CCN(CCCc1cnoc1-c1ccc(F)cc1)C(=O)C(F)(F)F)c1cccc(C)c1. The summed E-state index contributed by atoms with van der Waals surface area (Å²) in [7, 11) is 0. The molecule has 0 aliphatic carbocycles. The van der Waals surface area contributed by atoms with E-state index in [-0.39, 0.29) is 26.1 Å². The molecule has 0 aliphatic rings. The van der Waals surface area contributed by atoms with Gasteiger partial charge in [-0.2, -0.15) is 13.2 Å². The molecule has 0 atom stereocenters. The molecule has 9 heteroatoms. The highest BCUT2D eigenvalue weighted by Crippen LogP contribution is 2.25. The Morgan fingerprint density at radius 3 is 2.44 bits per heavy atom. The monoisotopic (exact) mass is 477 g/mol. The molecule has 0 spiro atoms. The fourth-order valence-corrected chi connectivity index (χ4v) is 3.77. The third-order valence-corrected chi connectivity index (χ3v) is 5.54. The minimum Gasteiger partial charge on any atom is -0.370 e. The smallest absolute Gasteiger partial charge is 0.370 e. The van der Waals surface area contributed by atoms with Crippen LogP contribution in [-0.2, 0) is 11.2 Å². The molecule has 0 unspecified atom stereocenters. The summed E-state index contributed by atoms with van der Waals surface area (Å²) in [6, 6.07) is 13.4. The summed E-state index contributed by atoms with van der Waals surface area (Å²) in [6.07, 6.45) is -2.82. The third-order valence-electron chi connectivity index (χ3n) is 5.54. The van der Waals surface area contributed by atoms with E-state index in [1.54, 1.807) is 12.1 Å². The highest BCUT2D eigenvalue weighted by atomic mass is 19.4. The number of amides is 1. The number of aryl methyl sites for hydroxylation is 2. The number of nitrogens with zero attached hydrogens (tertiary/aromatic N) is 3. The van der Waals surface area contributed by atoms with Crippen LogP contribution in [0.2, 0.25) is 0 Å². The molecule has 1 heterocycles. The highest BCUT2D eigenvalue weighted by Gasteiger charge is 2.42. The van der Waals surface area contributed by atoms with Gasteiger partial charge in [0.15, 0.2) is 5.76 Å². The molecule has 3 aromatic rings. The third kappa shape index (κ3) is 6.59. The van der Waals surface area contributed by atoms with Crippen LogP contribution in [0.5, 0.6) is 0 Å². The van der Waals surface area contributed by atoms with Gasteiger partial charge in [0, 0.05) is 43.0 Å². The van der Waals surface area contributed by atoms with Gasteiger partial charge >= 0.3 is 12.1 Å². The van der Waals surface area contributed by atoms with Crippen molar-refractivity contribution in [2.24, 2.45) is 0 Å². The van der Waals surface area contributed by atoms with Crippen molar-refractivity contribution in [1.29, 1.82) is 0 Å². The lowest BCUT2D eigenvalue weighted by Crippen LogP contribution is -2.45. The number of carbonyl (C=O) groups is 1. The lowest BCUT2D eigenvalue weighted by Gasteiger charge is -2.29. The zero-order chi connectivity index (χ0) is 24.7. The maximum absolute atomic E-state index is 13.2. The largest absolute Gasteiger partial charge is 0.471 e. The normalized spacial score (nSPS) is 11.5. The van der Waals surface area contributed by atoms with Gasteiger partial charge in [-0.3, -0.25) is 4.79 Å². The Labute approximate surface area is 196 Å². The van der Waals surface area contributed by atoms with Crippen LogP contribution in [0.4, 0.5) is 23.2 Å². The van der Waals surface area contributed by atoms with Crippen LogP contribution in [0.25, 0.3) is 11.3 Å². The van der Waals surface area contributed by atoms with E-state index in [1.807, 2.05) is 43.0 Å². The molecule has 0 N–H and O–H groups in total. The fourth-order valence-electron chi connectivity index (χ4n) is 3.77. The Morgan fingerprint density at radius 1 is 1.06 bits per heavy atom. The van der Waals surface area contributed by atoms with Gasteiger partial charge in [0.25, 0.3) is 0 Å². The van der Waals surface area contributed by atoms with Gasteiger partial charge in [-0.1, -0.05) is 17.3 Å². The average molecular weight is 478 g/mol. The molecule has 34 heavy (non-hydrogen) atoms. The van der Waals surface area contributed by atoms with Gasteiger partial charge in [-0.15, -0.1) is 0 Å². The molecule has 5 nitrogen and oxygen atoms in total. The minimum absolute atomic E-state index is 0.0609. The van der Waals surface area contributed by atoms with Crippen LogP contribution in [0.15, 0.2) is 59.3 Å². The lowest BCUT2D eigenvalue weighted by molar-refractivity contribution is -0.185. The molecule has 182 valence electrons. The number of alkyl halides is 3. The molecule has 0 saturated heterocycles. The summed E-state index contributed by atoms with van der Waals surface area (Å²) >= 11 is 0. The molecule has 1 amide bonds. The molecule has 0 bridgehead atoms. The van der Waals surface area contributed by atoms with Crippen LogP contribution < -0.4 is 4.90 Å². The van der Waals surface area contributed by atoms with Crippen molar-refractivity contribution in [3.05, 3.63) is 71.7 Å². The van der Waals surface area contributed by atoms with Crippen LogP contribution in [0.3, 0.4) is 0 Å². The fraction of sp³-hybridized carbons (Fsp3) is 0.360. The number of carbonyl (C=O) groups excluding carboxylic acids is 1. The van der Waals surface area contributed by atoms with Crippen molar-refractivity contribution in [1.82, 2.24) is 10.1 Å². The maximum Gasteiger partial charge on any atom is 0.471 e. The van der Waals surface area contributed by atoms with Crippen LogP contribution >= 0.6 is 0 Å².